The van der Waals surface area contributed by atoms with Gasteiger partial charge < -0.3 is 10.6 Å². The molecule has 4 aromatic rings. The van der Waals surface area contributed by atoms with Crippen LogP contribution in [0.25, 0.3) is 22.5 Å². The highest BCUT2D eigenvalue weighted by molar-refractivity contribution is 6.31. The summed E-state index contributed by atoms with van der Waals surface area (Å²) in [5.74, 6) is -3.10. The van der Waals surface area contributed by atoms with Crippen molar-refractivity contribution in [3.05, 3.63) is 76.2 Å². The third-order valence-corrected chi connectivity index (χ3v) is 7.37. The van der Waals surface area contributed by atoms with Crippen molar-refractivity contribution in [3.8, 4) is 22.5 Å². The van der Waals surface area contributed by atoms with Gasteiger partial charge in [0.2, 0.25) is 5.91 Å². The Kier molecular flexibility index (Phi) is 8.50. The molecule has 0 saturated heterocycles. The minimum Gasteiger partial charge on any atom is -0.323 e. The molecule has 0 fully saturated rings. The number of pyridine rings is 1. The number of carbonyl (C=O) groups excluding carboxylic acids is 2. The first-order chi connectivity index (χ1) is 20.8. The van der Waals surface area contributed by atoms with Gasteiger partial charge in [-0.05, 0) is 43.2 Å². The van der Waals surface area contributed by atoms with Crippen LogP contribution in [0, 0.1) is 5.92 Å². The first-order valence-electron chi connectivity index (χ1n) is 13.2. The molecule has 4 heterocycles. The fraction of sp³-hybridized carbons (Fsp3) is 0.286. The van der Waals surface area contributed by atoms with Gasteiger partial charge in [0.1, 0.15) is 0 Å². The summed E-state index contributed by atoms with van der Waals surface area (Å²) in [6.45, 7) is -1.32. The molecule has 5 rings (SSSR count). The second kappa shape index (κ2) is 12.1. The lowest BCUT2D eigenvalue weighted by Crippen LogP contribution is -2.30. The third-order valence-electron chi connectivity index (χ3n) is 7.13. The molecule has 44 heavy (non-hydrogen) atoms. The molecule has 0 radical (unpaired) electrons. The third kappa shape index (κ3) is 6.32. The SMILES string of the molecule is CC1CCC[C@H](n2cnc(-c3cc(Cl)ccc3NC(=O)C(F)(F)F)cc2=O)c2cc(ccn2)-c2c(cnn2C(F)F)NC1=O. The van der Waals surface area contributed by atoms with Gasteiger partial charge >= 0.3 is 18.6 Å². The van der Waals surface area contributed by atoms with E-state index in [4.69, 9.17) is 11.6 Å². The number of hydrogen-bond donors (Lipinski definition) is 2. The molecule has 3 aromatic heterocycles. The lowest BCUT2D eigenvalue weighted by atomic mass is 9.97. The summed E-state index contributed by atoms with van der Waals surface area (Å²) in [4.78, 5) is 46.6. The van der Waals surface area contributed by atoms with E-state index in [2.05, 4.69) is 20.4 Å². The van der Waals surface area contributed by atoms with Gasteiger partial charge in [0.05, 0.1) is 47.0 Å². The highest BCUT2D eigenvalue weighted by Gasteiger charge is 2.39. The van der Waals surface area contributed by atoms with Crippen molar-refractivity contribution in [1.82, 2.24) is 24.3 Å². The molecule has 2 bridgehead atoms. The van der Waals surface area contributed by atoms with Crippen LogP contribution in [0.2, 0.25) is 5.02 Å². The first kappa shape index (κ1) is 30.8. The molecule has 0 aliphatic carbocycles. The Balaban J connectivity index is 1.58. The first-order valence-corrected chi connectivity index (χ1v) is 13.6. The number of fused-ring (bicyclic) bond motifs is 4. The minimum atomic E-state index is -5.16. The van der Waals surface area contributed by atoms with Gasteiger partial charge in [-0.25, -0.2) is 9.67 Å². The number of carbonyl (C=O) groups is 2. The van der Waals surface area contributed by atoms with E-state index >= 15 is 0 Å². The van der Waals surface area contributed by atoms with Crippen LogP contribution in [0.5, 0.6) is 0 Å². The Hall–Kier alpha value is -4.66. The monoisotopic (exact) mass is 635 g/mol. The molecule has 1 aromatic carbocycles. The topological polar surface area (TPSA) is 124 Å². The summed E-state index contributed by atoms with van der Waals surface area (Å²) in [6, 6.07) is 7.01. The number of anilines is 2. The summed E-state index contributed by atoms with van der Waals surface area (Å²) in [7, 11) is 0. The summed E-state index contributed by atoms with van der Waals surface area (Å²) < 4.78 is 68.2. The zero-order valence-corrected chi connectivity index (χ0v) is 23.5. The fourth-order valence-electron chi connectivity index (χ4n) is 4.92. The Morgan fingerprint density at radius 2 is 1.89 bits per heavy atom. The van der Waals surface area contributed by atoms with Crippen molar-refractivity contribution in [2.75, 3.05) is 10.6 Å². The van der Waals surface area contributed by atoms with E-state index in [1.54, 1.807) is 12.2 Å². The van der Waals surface area contributed by atoms with Crippen molar-refractivity contribution in [2.24, 2.45) is 5.92 Å². The number of alkyl halides is 5. The van der Waals surface area contributed by atoms with Crippen LogP contribution in [0.3, 0.4) is 0 Å². The summed E-state index contributed by atoms with van der Waals surface area (Å²) >= 11 is 6.06. The molecule has 230 valence electrons. The maximum absolute atomic E-state index is 13.9. The quantitative estimate of drug-likeness (QED) is 0.263. The van der Waals surface area contributed by atoms with E-state index in [0.29, 0.717) is 29.6 Å². The number of rotatable bonds is 4. The molecule has 0 spiro atoms. The largest absolute Gasteiger partial charge is 0.471 e. The highest BCUT2D eigenvalue weighted by Crippen LogP contribution is 2.35. The summed E-state index contributed by atoms with van der Waals surface area (Å²) in [5.41, 5.74) is -0.302. The van der Waals surface area contributed by atoms with Gasteiger partial charge in [0.25, 0.3) is 5.56 Å². The standard InChI is InChI=1S/C28H23ClF5N7O3/c1-14-3-2-4-22(20-9-15(7-8-35-20)24-21(38-25(14)43)12-37-41(24)27(30)31)40-13-36-19(11-23(40)42)17-10-16(29)5-6-18(17)39-26(44)28(32,33)34/h5-14,22,27H,2-4H2,1H3,(H,38,43)(H,39,44)/t14?,22-/m0/s1. The average molecular weight is 636 g/mol. The second-order valence-electron chi connectivity index (χ2n) is 10.1. The zero-order chi connectivity index (χ0) is 31.8. The Bertz CT molecular complexity index is 1790. The molecule has 1 aliphatic heterocycles. The van der Waals surface area contributed by atoms with E-state index in [-0.39, 0.29) is 44.8 Å². The van der Waals surface area contributed by atoms with Crippen LogP contribution in [-0.2, 0) is 9.59 Å². The smallest absolute Gasteiger partial charge is 0.323 e. The molecular formula is C28H23ClF5N7O3. The Morgan fingerprint density at radius 1 is 1.11 bits per heavy atom. The minimum absolute atomic E-state index is 0.0224. The summed E-state index contributed by atoms with van der Waals surface area (Å²) in [5, 5.41) is 8.31. The number of benzene rings is 1. The van der Waals surface area contributed by atoms with Crippen LogP contribution >= 0.6 is 11.6 Å². The van der Waals surface area contributed by atoms with Crippen LogP contribution in [0.4, 0.5) is 33.3 Å². The Morgan fingerprint density at radius 3 is 2.59 bits per heavy atom. The maximum Gasteiger partial charge on any atom is 0.471 e. The van der Waals surface area contributed by atoms with E-state index in [1.807, 2.05) is 0 Å². The summed E-state index contributed by atoms with van der Waals surface area (Å²) in [6.07, 6.45) is -0.284. The second-order valence-corrected chi connectivity index (χ2v) is 10.5. The predicted octanol–water partition coefficient (Wildman–Crippen LogP) is 6.07. The van der Waals surface area contributed by atoms with Crippen molar-refractivity contribution in [1.29, 1.82) is 0 Å². The van der Waals surface area contributed by atoms with E-state index in [9.17, 15) is 36.3 Å². The van der Waals surface area contributed by atoms with E-state index in [0.717, 1.165) is 18.3 Å². The van der Waals surface area contributed by atoms with Crippen molar-refractivity contribution < 1.29 is 31.5 Å². The number of nitrogens with one attached hydrogen (secondary N) is 2. The van der Waals surface area contributed by atoms with Gasteiger partial charge in [-0.1, -0.05) is 24.9 Å². The number of hydrogen-bond acceptors (Lipinski definition) is 6. The molecular weight excluding hydrogens is 613 g/mol. The highest BCUT2D eigenvalue weighted by atomic mass is 35.5. The van der Waals surface area contributed by atoms with Gasteiger partial charge in [-0.3, -0.25) is 23.9 Å². The molecule has 0 saturated carbocycles. The maximum atomic E-state index is 13.9. The number of halogens is 6. The van der Waals surface area contributed by atoms with Crippen LogP contribution in [0.15, 0.2) is 59.9 Å². The molecule has 10 nitrogen and oxygen atoms in total. The molecule has 1 unspecified atom stereocenters. The van der Waals surface area contributed by atoms with Gasteiger partial charge in [-0.2, -0.15) is 27.1 Å². The van der Waals surface area contributed by atoms with Gasteiger partial charge in [0, 0.05) is 34.3 Å². The van der Waals surface area contributed by atoms with Crippen LogP contribution < -0.4 is 16.2 Å². The van der Waals surface area contributed by atoms with Crippen molar-refractivity contribution in [3.63, 3.8) is 0 Å². The van der Waals surface area contributed by atoms with E-state index in [1.165, 1.54) is 41.4 Å². The molecule has 2 amide bonds. The predicted molar refractivity (Wildman–Crippen MR) is 150 cm³/mol. The zero-order valence-electron chi connectivity index (χ0n) is 22.8. The van der Waals surface area contributed by atoms with Crippen molar-refractivity contribution in [2.45, 2.75) is 45.0 Å². The van der Waals surface area contributed by atoms with Gasteiger partial charge in [0.15, 0.2) is 0 Å². The number of amides is 2. The molecule has 16 heteroatoms. The van der Waals surface area contributed by atoms with Crippen LogP contribution in [-0.4, -0.2) is 42.3 Å². The van der Waals surface area contributed by atoms with Gasteiger partial charge in [-0.15, -0.1) is 0 Å². The lowest BCUT2D eigenvalue weighted by Gasteiger charge is -2.22. The molecule has 2 atom stereocenters. The van der Waals surface area contributed by atoms with E-state index < -0.39 is 36.2 Å². The van der Waals surface area contributed by atoms with Crippen LogP contribution in [0.1, 0.15) is 44.5 Å². The van der Waals surface area contributed by atoms with Crippen molar-refractivity contribution >= 4 is 34.8 Å². The number of nitrogens with zero attached hydrogens (tertiary/aromatic N) is 5. The Labute approximate surface area is 250 Å². The average Bonchev–Trinajstić information content (AvgIpc) is 3.39. The lowest BCUT2D eigenvalue weighted by molar-refractivity contribution is -0.167. The fourth-order valence-corrected chi connectivity index (χ4v) is 5.10. The normalized spacial score (nSPS) is 17.3. The molecule has 1 aliphatic rings. The number of aromatic nitrogens is 5. The molecule has 2 N–H and O–H groups in total.